The van der Waals surface area contributed by atoms with Gasteiger partial charge in [0.2, 0.25) is 5.91 Å². The lowest BCUT2D eigenvalue weighted by Gasteiger charge is -2.22. The van der Waals surface area contributed by atoms with Crippen LogP contribution in [0, 0.1) is 11.8 Å². The SMILES string of the molecule is CCC(C)C(N)C(=O)NC1CCCC1C. The number of carbonyl (C=O) groups excluding carboxylic acids is 1. The lowest BCUT2D eigenvalue weighted by atomic mass is 9.98. The third-order valence-electron chi connectivity index (χ3n) is 3.75. The summed E-state index contributed by atoms with van der Waals surface area (Å²) in [4.78, 5) is 11.8. The van der Waals surface area contributed by atoms with E-state index in [4.69, 9.17) is 5.73 Å². The summed E-state index contributed by atoms with van der Waals surface area (Å²) >= 11 is 0. The molecule has 3 nitrogen and oxygen atoms in total. The number of hydrogen-bond acceptors (Lipinski definition) is 2. The lowest BCUT2D eigenvalue weighted by Crippen LogP contribution is -2.48. The molecule has 88 valence electrons. The van der Waals surface area contributed by atoms with E-state index in [0.29, 0.717) is 12.0 Å². The van der Waals surface area contributed by atoms with Gasteiger partial charge in [-0.1, -0.05) is 33.6 Å². The first kappa shape index (κ1) is 12.5. The van der Waals surface area contributed by atoms with E-state index in [9.17, 15) is 4.79 Å². The maximum atomic E-state index is 11.8. The predicted molar refractivity (Wildman–Crippen MR) is 62.4 cm³/mol. The average Bonchev–Trinajstić information content (AvgIpc) is 2.62. The molecule has 0 aromatic carbocycles. The van der Waals surface area contributed by atoms with Gasteiger partial charge in [0, 0.05) is 6.04 Å². The molecule has 0 spiro atoms. The first-order valence-electron chi connectivity index (χ1n) is 6.12. The number of hydrogen-bond donors (Lipinski definition) is 2. The van der Waals surface area contributed by atoms with Crippen LogP contribution in [-0.2, 0) is 4.79 Å². The Hall–Kier alpha value is -0.570. The van der Waals surface area contributed by atoms with Crippen molar-refractivity contribution < 1.29 is 4.79 Å². The Bertz CT molecular complexity index is 218. The number of carbonyl (C=O) groups is 1. The van der Waals surface area contributed by atoms with Gasteiger partial charge in [-0.15, -0.1) is 0 Å². The summed E-state index contributed by atoms with van der Waals surface area (Å²) in [6, 6.07) is 0.00964. The Kier molecular flexibility index (Phi) is 4.58. The van der Waals surface area contributed by atoms with Crippen LogP contribution in [-0.4, -0.2) is 18.0 Å². The molecule has 0 radical (unpaired) electrons. The van der Waals surface area contributed by atoms with Gasteiger partial charge in [-0.3, -0.25) is 4.79 Å². The maximum absolute atomic E-state index is 11.8. The number of amides is 1. The molecule has 0 saturated heterocycles. The predicted octanol–water partition coefficient (Wildman–Crippen LogP) is 1.66. The second-order valence-corrected chi connectivity index (χ2v) is 4.93. The molecule has 1 saturated carbocycles. The van der Waals surface area contributed by atoms with Gasteiger partial charge in [-0.25, -0.2) is 0 Å². The van der Waals surface area contributed by atoms with E-state index in [0.717, 1.165) is 12.8 Å². The monoisotopic (exact) mass is 212 g/mol. The maximum Gasteiger partial charge on any atom is 0.237 e. The fourth-order valence-corrected chi connectivity index (χ4v) is 2.15. The molecule has 15 heavy (non-hydrogen) atoms. The summed E-state index contributed by atoms with van der Waals surface area (Å²) in [5, 5.41) is 3.08. The molecular formula is C12H24N2O. The summed E-state index contributed by atoms with van der Waals surface area (Å²) in [7, 11) is 0. The molecule has 0 aromatic heterocycles. The third-order valence-corrected chi connectivity index (χ3v) is 3.75. The number of nitrogens with two attached hydrogens (primary N) is 1. The molecule has 1 amide bonds. The molecule has 3 heteroatoms. The molecule has 0 aromatic rings. The molecule has 4 unspecified atom stereocenters. The van der Waals surface area contributed by atoms with Gasteiger partial charge in [0.05, 0.1) is 6.04 Å². The molecule has 1 rings (SSSR count). The van der Waals surface area contributed by atoms with Crippen LogP contribution in [0.15, 0.2) is 0 Å². The zero-order chi connectivity index (χ0) is 11.4. The first-order chi connectivity index (χ1) is 7.06. The Morgan fingerprint density at radius 1 is 1.53 bits per heavy atom. The highest BCUT2D eigenvalue weighted by atomic mass is 16.2. The van der Waals surface area contributed by atoms with Crippen molar-refractivity contribution in [3.05, 3.63) is 0 Å². The van der Waals surface area contributed by atoms with Gasteiger partial charge < -0.3 is 11.1 Å². The number of rotatable bonds is 4. The van der Waals surface area contributed by atoms with E-state index in [1.165, 1.54) is 12.8 Å². The van der Waals surface area contributed by atoms with Crippen LogP contribution < -0.4 is 11.1 Å². The van der Waals surface area contributed by atoms with Gasteiger partial charge in [-0.2, -0.15) is 0 Å². The molecular weight excluding hydrogens is 188 g/mol. The van der Waals surface area contributed by atoms with Crippen LogP contribution in [0.25, 0.3) is 0 Å². The third kappa shape index (κ3) is 3.20. The molecule has 3 N–H and O–H groups in total. The van der Waals surface area contributed by atoms with Crippen LogP contribution in [0.3, 0.4) is 0 Å². The van der Waals surface area contributed by atoms with Crippen molar-refractivity contribution in [3.63, 3.8) is 0 Å². The Labute approximate surface area is 92.8 Å². The lowest BCUT2D eigenvalue weighted by molar-refractivity contribution is -0.124. The van der Waals surface area contributed by atoms with Gasteiger partial charge in [-0.05, 0) is 24.7 Å². The van der Waals surface area contributed by atoms with Crippen molar-refractivity contribution in [2.24, 2.45) is 17.6 Å². The Morgan fingerprint density at radius 3 is 2.67 bits per heavy atom. The van der Waals surface area contributed by atoms with Crippen LogP contribution >= 0.6 is 0 Å². The van der Waals surface area contributed by atoms with Crippen molar-refractivity contribution in [1.29, 1.82) is 0 Å². The van der Waals surface area contributed by atoms with E-state index in [1.807, 2.05) is 6.92 Å². The highest BCUT2D eigenvalue weighted by molar-refractivity contribution is 5.82. The Balaban J connectivity index is 2.40. The largest absolute Gasteiger partial charge is 0.352 e. The summed E-state index contributed by atoms with van der Waals surface area (Å²) in [5.74, 6) is 0.905. The van der Waals surface area contributed by atoms with Gasteiger partial charge >= 0.3 is 0 Å². The summed E-state index contributed by atoms with van der Waals surface area (Å²) < 4.78 is 0. The van der Waals surface area contributed by atoms with Crippen LogP contribution in [0.1, 0.15) is 46.5 Å². The minimum absolute atomic E-state index is 0.0306. The fourth-order valence-electron chi connectivity index (χ4n) is 2.15. The van der Waals surface area contributed by atoms with Crippen molar-refractivity contribution in [3.8, 4) is 0 Å². The second-order valence-electron chi connectivity index (χ2n) is 4.93. The van der Waals surface area contributed by atoms with Gasteiger partial charge in [0.15, 0.2) is 0 Å². The zero-order valence-electron chi connectivity index (χ0n) is 10.1. The summed E-state index contributed by atoms with van der Waals surface area (Å²) in [6.45, 7) is 6.30. The second kappa shape index (κ2) is 5.50. The van der Waals surface area contributed by atoms with E-state index in [2.05, 4.69) is 19.2 Å². The van der Waals surface area contributed by atoms with Gasteiger partial charge in [0.1, 0.15) is 0 Å². The quantitative estimate of drug-likeness (QED) is 0.744. The normalized spacial score (nSPS) is 29.9. The van der Waals surface area contributed by atoms with Crippen LogP contribution in [0.2, 0.25) is 0 Å². The van der Waals surface area contributed by atoms with E-state index >= 15 is 0 Å². The topological polar surface area (TPSA) is 55.1 Å². The highest BCUT2D eigenvalue weighted by Gasteiger charge is 2.27. The zero-order valence-corrected chi connectivity index (χ0v) is 10.1. The molecule has 1 aliphatic rings. The molecule has 0 heterocycles. The van der Waals surface area contributed by atoms with Crippen molar-refractivity contribution in [2.45, 2.75) is 58.5 Å². The minimum Gasteiger partial charge on any atom is -0.352 e. The molecule has 4 atom stereocenters. The smallest absolute Gasteiger partial charge is 0.237 e. The van der Waals surface area contributed by atoms with Crippen molar-refractivity contribution >= 4 is 5.91 Å². The van der Waals surface area contributed by atoms with E-state index in [-0.39, 0.29) is 17.9 Å². The molecule has 1 aliphatic carbocycles. The molecule has 0 bridgehead atoms. The van der Waals surface area contributed by atoms with Gasteiger partial charge in [0.25, 0.3) is 0 Å². The van der Waals surface area contributed by atoms with E-state index in [1.54, 1.807) is 0 Å². The fraction of sp³-hybridized carbons (Fsp3) is 0.917. The first-order valence-corrected chi connectivity index (χ1v) is 6.12. The minimum atomic E-state index is -0.345. The van der Waals surface area contributed by atoms with Crippen LogP contribution in [0.5, 0.6) is 0 Å². The Morgan fingerprint density at radius 2 is 2.20 bits per heavy atom. The highest BCUT2D eigenvalue weighted by Crippen LogP contribution is 2.24. The van der Waals surface area contributed by atoms with Crippen LogP contribution in [0.4, 0.5) is 0 Å². The molecule has 1 fully saturated rings. The number of nitrogens with one attached hydrogen (secondary N) is 1. The van der Waals surface area contributed by atoms with Crippen molar-refractivity contribution in [2.75, 3.05) is 0 Å². The van der Waals surface area contributed by atoms with E-state index < -0.39 is 0 Å². The molecule has 0 aliphatic heterocycles. The standard InChI is InChI=1S/C12H24N2O/c1-4-8(2)11(13)12(15)14-10-7-5-6-9(10)3/h8-11H,4-7,13H2,1-3H3,(H,14,15). The average molecular weight is 212 g/mol. The summed E-state index contributed by atoms with van der Waals surface area (Å²) in [6.07, 6.45) is 4.52. The summed E-state index contributed by atoms with van der Waals surface area (Å²) in [5.41, 5.74) is 5.88. The van der Waals surface area contributed by atoms with Crippen molar-refractivity contribution in [1.82, 2.24) is 5.32 Å².